The number of carbonyl (C=O) groups excluding carboxylic acids is 1. The van der Waals surface area contributed by atoms with Gasteiger partial charge in [0.15, 0.2) is 0 Å². The van der Waals surface area contributed by atoms with Crippen molar-refractivity contribution in [3.63, 3.8) is 0 Å². The summed E-state index contributed by atoms with van der Waals surface area (Å²) in [5.41, 5.74) is 1.86. The smallest absolute Gasteiger partial charge is 0.254 e. The average molecular weight is 379 g/mol. The summed E-state index contributed by atoms with van der Waals surface area (Å²) >= 11 is 0. The van der Waals surface area contributed by atoms with Gasteiger partial charge in [-0.05, 0) is 57.7 Å². The van der Waals surface area contributed by atoms with E-state index in [1.54, 1.807) is 13.8 Å². The Kier molecular flexibility index (Phi) is 4.98. The van der Waals surface area contributed by atoms with E-state index in [2.05, 4.69) is 43.2 Å². The molecule has 4 rings (SSSR count). The van der Waals surface area contributed by atoms with Gasteiger partial charge >= 0.3 is 0 Å². The Bertz CT molecular complexity index is 1060. The van der Waals surface area contributed by atoms with Crippen LogP contribution in [0.4, 0.5) is 0 Å². The summed E-state index contributed by atoms with van der Waals surface area (Å²) in [6, 6.07) is 6.69. The lowest BCUT2D eigenvalue weighted by atomic mass is 9.91. The van der Waals surface area contributed by atoms with E-state index in [-0.39, 0.29) is 23.9 Å². The molecule has 0 spiro atoms. The molecule has 1 fully saturated rings. The fraction of sp³-hybridized carbons (Fsp3) is 0.429. The predicted molar refractivity (Wildman–Crippen MR) is 107 cm³/mol. The van der Waals surface area contributed by atoms with E-state index in [0.29, 0.717) is 23.1 Å². The van der Waals surface area contributed by atoms with Crippen LogP contribution in [0.2, 0.25) is 0 Å². The fourth-order valence-corrected chi connectivity index (χ4v) is 4.18. The number of aromatic nitrogens is 4. The van der Waals surface area contributed by atoms with Crippen molar-refractivity contribution < 1.29 is 4.79 Å². The summed E-state index contributed by atoms with van der Waals surface area (Å²) in [5, 5.41) is 4.25. The SMILES string of the molecule is Cc1nc(C)c(CC(=O)NC2CCC(n3ccc4cccnc43)CC2)c(=O)[nH]1. The molecule has 1 saturated carbocycles. The number of H-pyrrole nitrogens is 1. The molecule has 0 atom stereocenters. The number of pyridine rings is 1. The predicted octanol–water partition coefficient (Wildman–Crippen LogP) is 2.58. The van der Waals surface area contributed by atoms with Crippen LogP contribution in [0.1, 0.15) is 48.8 Å². The molecule has 7 nitrogen and oxygen atoms in total. The zero-order valence-corrected chi connectivity index (χ0v) is 16.2. The maximum Gasteiger partial charge on any atom is 0.254 e. The number of amides is 1. The van der Waals surface area contributed by atoms with Gasteiger partial charge in [-0.2, -0.15) is 0 Å². The molecule has 146 valence electrons. The molecule has 2 N–H and O–H groups in total. The van der Waals surface area contributed by atoms with E-state index in [9.17, 15) is 9.59 Å². The van der Waals surface area contributed by atoms with Crippen molar-refractivity contribution in [1.82, 2.24) is 24.8 Å². The molecule has 3 aromatic rings. The minimum Gasteiger partial charge on any atom is -0.353 e. The maximum atomic E-state index is 12.4. The number of nitrogens with one attached hydrogen (secondary N) is 2. The summed E-state index contributed by atoms with van der Waals surface area (Å²) in [6.45, 7) is 3.51. The van der Waals surface area contributed by atoms with Gasteiger partial charge in [-0.1, -0.05) is 0 Å². The van der Waals surface area contributed by atoms with E-state index in [4.69, 9.17) is 0 Å². The van der Waals surface area contributed by atoms with Crippen LogP contribution >= 0.6 is 0 Å². The van der Waals surface area contributed by atoms with Gasteiger partial charge in [0.1, 0.15) is 11.5 Å². The van der Waals surface area contributed by atoms with Crippen LogP contribution in [0.5, 0.6) is 0 Å². The van der Waals surface area contributed by atoms with Crippen LogP contribution in [0, 0.1) is 13.8 Å². The lowest BCUT2D eigenvalue weighted by molar-refractivity contribution is -0.121. The van der Waals surface area contributed by atoms with Crippen LogP contribution in [0.3, 0.4) is 0 Å². The van der Waals surface area contributed by atoms with E-state index < -0.39 is 0 Å². The van der Waals surface area contributed by atoms with Gasteiger partial charge in [0.25, 0.3) is 5.56 Å². The zero-order chi connectivity index (χ0) is 19.7. The molecule has 1 aliphatic carbocycles. The van der Waals surface area contributed by atoms with Crippen LogP contribution in [-0.4, -0.2) is 31.5 Å². The van der Waals surface area contributed by atoms with Crippen molar-refractivity contribution in [2.45, 2.75) is 58.0 Å². The first kappa shape index (κ1) is 18.4. The van der Waals surface area contributed by atoms with Crippen LogP contribution in [-0.2, 0) is 11.2 Å². The van der Waals surface area contributed by atoms with Crippen molar-refractivity contribution in [2.24, 2.45) is 0 Å². The number of hydrogen-bond donors (Lipinski definition) is 2. The molecule has 0 aliphatic heterocycles. The molecular formula is C21H25N5O2. The van der Waals surface area contributed by atoms with Gasteiger partial charge in [-0.3, -0.25) is 9.59 Å². The minimum atomic E-state index is -0.226. The number of carbonyl (C=O) groups is 1. The summed E-state index contributed by atoms with van der Waals surface area (Å²) in [4.78, 5) is 36.0. The lowest BCUT2D eigenvalue weighted by Gasteiger charge is -2.30. The van der Waals surface area contributed by atoms with Crippen molar-refractivity contribution in [3.05, 3.63) is 58.0 Å². The second-order valence-corrected chi connectivity index (χ2v) is 7.60. The molecular weight excluding hydrogens is 354 g/mol. The number of rotatable bonds is 4. The number of fused-ring (bicyclic) bond motifs is 1. The molecule has 0 unspecified atom stereocenters. The molecule has 0 bridgehead atoms. The van der Waals surface area contributed by atoms with Gasteiger partial charge in [0.05, 0.1) is 6.42 Å². The van der Waals surface area contributed by atoms with Crippen LogP contribution in [0.15, 0.2) is 35.4 Å². The Hall–Kier alpha value is -2.96. The first-order chi connectivity index (χ1) is 13.5. The molecule has 28 heavy (non-hydrogen) atoms. The molecule has 3 aromatic heterocycles. The first-order valence-corrected chi connectivity index (χ1v) is 9.78. The quantitative estimate of drug-likeness (QED) is 0.729. The monoisotopic (exact) mass is 379 g/mol. The molecule has 0 saturated heterocycles. The van der Waals surface area contributed by atoms with E-state index >= 15 is 0 Å². The van der Waals surface area contributed by atoms with E-state index in [1.807, 2.05) is 12.3 Å². The number of aromatic amines is 1. The van der Waals surface area contributed by atoms with Crippen molar-refractivity contribution >= 4 is 16.9 Å². The largest absolute Gasteiger partial charge is 0.353 e. The van der Waals surface area contributed by atoms with Gasteiger partial charge < -0.3 is 14.9 Å². The standard InChI is InChI=1S/C21H25N5O2/c1-13-18(21(28)24-14(2)23-13)12-19(27)25-16-5-7-17(8-6-16)26-11-9-15-4-3-10-22-20(15)26/h3-4,9-11,16-17H,5-8,12H2,1-2H3,(H,25,27)(H,23,24,28). The van der Waals surface area contributed by atoms with Gasteiger partial charge in [0, 0.05) is 41.1 Å². The van der Waals surface area contributed by atoms with Gasteiger partial charge in [0.2, 0.25) is 5.91 Å². The normalized spacial score (nSPS) is 19.6. The van der Waals surface area contributed by atoms with E-state index in [1.165, 1.54) is 0 Å². The number of nitrogens with zero attached hydrogens (tertiary/aromatic N) is 3. The Morgan fingerprint density at radius 2 is 2.04 bits per heavy atom. The highest BCUT2D eigenvalue weighted by molar-refractivity contribution is 5.79. The number of aryl methyl sites for hydroxylation is 2. The summed E-state index contributed by atoms with van der Waals surface area (Å²) in [7, 11) is 0. The topological polar surface area (TPSA) is 92.7 Å². The zero-order valence-electron chi connectivity index (χ0n) is 16.2. The maximum absolute atomic E-state index is 12.4. The summed E-state index contributed by atoms with van der Waals surface area (Å²) in [5.74, 6) is 0.452. The molecule has 7 heteroatoms. The van der Waals surface area contributed by atoms with E-state index in [0.717, 1.165) is 36.7 Å². The highest BCUT2D eigenvalue weighted by Crippen LogP contribution is 2.31. The van der Waals surface area contributed by atoms with Crippen molar-refractivity contribution in [3.8, 4) is 0 Å². The third-order valence-corrected chi connectivity index (χ3v) is 5.61. The molecule has 1 amide bonds. The second-order valence-electron chi connectivity index (χ2n) is 7.60. The lowest BCUT2D eigenvalue weighted by Crippen LogP contribution is -2.39. The Labute approximate surface area is 163 Å². The number of hydrogen-bond acceptors (Lipinski definition) is 4. The van der Waals surface area contributed by atoms with Crippen LogP contribution in [0.25, 0.3) is 11.0 Å². The highest BCUT2D eigenvalue weighted by atomic mass is 16.2. The molecule has 0 aromatic carbocycles. The summed E-state index contributed by atoms with van der Waals surface area (Å²) < 4.78 is 2.26. The minimum absolute atomic E-state index is 0.0700. The molecule has 0 radical (unpaired) electrons. The highest BCUT2D eigenvalue weighted by Gasteiger charge is 2.25. The van der Waals surface area contributed by atoms with Crippen molar-refractivity contribution in [2.75, 3.05) is 0 Å². The molecule has 3 heterocycles. The third-order valence-electron chi connectivity index (χ3n) is 5.61. The van der Waals surface area contributed by atoms with Gasteiger partial charge in [-0.15, -0.1) is 0 Å². The second kappa shape index (κ2) is 7.58. The average Bonchev–Trinajstić information content (AvgIpc) is 3.09. The van der Waals surface area contributed by atoms with Gasteiger partial charge in [-0.25, -0.2) is 9.97 Å². The summed E-state index contributed by atoms with van der Waals surface area (Å²) in [6.07, 6.45) is 7.85. The van der Waals surface area contributed by atoms with Crippen molar-refractivity contribution in [1.29, 1.82) is 0 Å². The molecule has 1 aliphatic rings. The Balaban J connectivity index is 1.36. The third kappa shape index (κ3) is 3.69. The first-order valence-electron chi connectivity index (χ1n) is 9.78. The Morgan fingerprint density at radius 1 is 1.25 bits per heavy atom. The van der Waals surface area contributed by atoms with Crippen LogP contribution < -0.4 is 10.9 Å². The fourth-order valence-electron chi connectivity index (χ4n) is 4.18. The Morgan fingerprint density at radius 3 is 2.79 bits per heavy atom.